The van der Waals surface area contributed by atoms with E-state index < -0.39 is 0 Å². The second-order valence-corrected chi connectivity index (χ2v) is 5.55. The highest BCUT2D eigenvalue weighted by Crippen LogP contribution is 2.10. The van der Waals surface area contributed by atoms with Gasteiger partial charge in [-0.2, -0.15) is 5.10 Å². The van der Waals surface area contributed by atoms with Crippen LogP contribution in [0.15, 0.2) is 6.20 Å². The molecule has 5 heteroatoms. The maximum Gasteiger partial charge on any atom is 0.254 e. The van der Waals surface area contributed by atoms with E-state index in [0.29, 0.717) is 24.4 Å². The Kier molecular flexibility index (Phi) is 6.02. The van der Waals surface area contributed by atoms with E-state index in [0.717, 1.165) is 12.2 Å². The summed E-state index contributed by atoms with van der Waals surface area (Å²) in [7, 11) is 0. The first-order valence-electron chi connectivity index (χ1n) is 6.87. The quantitative estimate of drug-likeness (QED) is 0.788. The Labute approximate surface area is 115 Å². The molecule has 1 atom stereocenters. The van der Waals surface area contributed by atoms with E-state index in [-0.39, 0.29) is 18.4 Å². The Bertz CT molecular complexity index is 413. The van der Waals surface area contributed by atoms with Gasteiger partial charge in [0.05, 0.1) is 11.8 Å². The summed E-state index contributed by atoms with van der Waals surface area (Å²) in [5.74, 6) is 0.691. The summed E-state index contributed by atoms with van der Waals surface area (Å²) in [5.41, 5.74) is 1.54. The van der Waals surface area contributed by atoms with Gasteiger partial charge in [0.2, 0.25) is 0 Å². The topological polar surface area (TPSA) is 67.2 Å². The Morgan fingerprint density at radius 1 is 1.47 bits per heavy atom. The normalized spacial score (nSPS) is 12.7. The number of rotatable bonds is 7. The summed E-state index contributed by atoms with van der Waals surface area (Å²) < 4.78 is 1.87. The Morgan fingerprint density at radius 2 is 2.16 bits per heavy atom. The molecule has 1 unspecified atom stereocenters. The molecule has 1 aromatic rings. The van der Waals surface area contributed by atoms with Crippen LogP contribution in [0.5, 0.6) is 0 Å². The molecular weight excluding hydrogens is 242 g/mol. The zero-order valence-electron chi connectivity index (χ0n) is 12.3. The van der Waals surface area contributed by atoms with Gasteiger partial charge in [-0.25, -0.2) is 0 Å². The third-order valence-electron chi connectivity index (χ3n) is 3.12. The lowest BCUT2D eigenvalue weighted by molar-refractivity contribution is 0.0944. The molecule has 5 nitrogen and oxygen atoms in total. The van der Waals surface area contributed by atoms with Gasteiger partial charge in [0.25, 0.3) is 5.91 Å². The number of carbonyl (C=O) groups is 1. The predicted octanol–water partition coefficient (Wildman–Crippen LogP) is 1.60. The molecule has 0 radical (unpaired) electrons. The number of hydrogen-bond donors (Lipinski definition) is 2. The van der Waals surface area contributed by atoms with Crippen LogP contribution in [-0.2, 0) is 6.54 Å². The van der Waals surface area contributed by atoms with Crippen LogP contribution in [0.1, 0.15) is 43.2 Å². The Balaban J connectivity index is 2.60. The fraction of sp³-hybridized carbons (Fsp3) is 0.714. The number of aromatic nitrogens is 2. The largest absolute Gasteiger partial charge is 0.396 e. The first kappa shape index (κ1) is 15.7. The molecule has 2 N–H and O–H groups in total. The van der Waals surface area contributed by atoms with Crippen molar-refractivity contribution in [2.24, 2.45) is 11.8 Å². The molecule has 19 heavy (non-hydrogen) atoms. The molecule has 0 fully saturated rings. The lowest BCUT2D eigenvalue weighted by atomic mass is 10.1. The summed E-state index contributed by atoms with van der Waals surface area (Å²) in [6.45, 7) is 9.72. The third kappa shape index (κ3) is 4.67. The van der Waals surface area contributed by atoms with Gasteiger partial charge in [0.1, 0.15) is 0 Å². The van der Waals surface area contributed by atoms with E-state index in [1.54, 1.807) is 6.20 Å². The van der Waals surface area contributed by atoms with Crippen LogP contribution in [0, 0.1) is 18.8 Å². The van der Waals surface area contributed by atoms with Gasteiger partial charge >= 0.3 is 0 Å². The van der Waals surface area contributed by atoms with Crippen molar-refractivity contribution in [3.63, 3.8) is 0 Å². The second-order valence-electron chi connectivity index (χ2n) is 5.55. The number of nitrogens with one attached hydrogen (secondary N) is 1. The highest BCUT2D eigenvalue weighted by Gasteiger charge is 2.15. The van der Waals surface area contributed by atoms with Crippen LogP contribution in [0.4, 0.5) is 0 Å². The minimum Gasteiger partial charge on any atom is -0.396 e. The van der Waals surface area contributed by atoms with E-state index in [1.807, 2.05) is 18.5 Å². The van der Waals surface area contributed by atoms with Crippen molar-refractivity contribution in [1.82, 2.24) is 15.1 Å². The molecule has 0 aliphatic carbocycles. The van der Waals surface area contributed by atoms with Gasteiger partial charge in [-0.1, -0.05) is 20.8 Å². The molecule has 1 amide bonds. The maximum absolute atomic E-state index is 12.0. The number of aliphatic hydroxyl groups excluding tert-OH is 1. The van der Waals surface area contributed by atoms with Gasteiger partial charge in [-0.3, -0.25) is 9.48 Å². The summed E-state index contributed by atoms with van der Waals surface area (Å²) in [6, 6.07) is 0. The van der Waals surface area contributed by atoms with Crippen LogP contribution >= 0.6 is 0 Å². The number of nitrogens with zero attached hydrogens (tertiary/aromatic N) is 2. The van der Waals surface area contributed by atoms with E-state index in [2.05, 4.69) is 24.3 Å². The molecule has 0 spiro atoms. The Hall–Kier alpha value is -1.36. The number of carbonyl (C=O) groups excluding carboxylic acids is 1. The zero-order valence-corrected chi connectivity index (χ0v) is 12.3. The molecule has 0 saturated heterocycles. The first-order chi connectivity index (χ1) is 8.95. The fourth-order valence-electron chi connectivity index (χ4n) is 1.88. The molecule has 1 heterocycles. The lowest BCUT2D eigenvalue weighted by Gasteiger charge is -2.11. The smallest absolute Gasteiger partial charge is 0.254 e. The monoisotopic (exact) mass is 267 g/mol. The standard InChI is InChI=1S/C14H25N3O2/c1-10(2)9-17-12(4)13(8-16-17)14(19)15-7-11(3)5-6-18/h8,10-11,18H,5-7,9H2,1-4H3,(H,15,19). The summed E-state index contributed by atoms with van der Waals surface area (Å²) in [6.07, 6.45) is 2.33. The first-order valence-corrected chi connectivity index (χ1v) is 6.87. The highest BCUT2D eigenvalue weighted by atomic mass is 16.3. The number of aliphatic hydroxyl groups is 1. The molecular formula is C14H25N3O2. The van der Waals surface area contributed by atoms with E-state index in [4.69, 9.17) is 5.11 Å². The van der Waals surface area contributed by atoms with Crippen molar-refractivity contribution in [3.05, 3.63) is 17.5 Å². The van der Waals surface area contributed by atoms with Crippen molar-refractivity contribution in [3.8, 4) is 0 Å². The summed E-state index contributed by atoms with van der Waals surface area (Å²) in [4.78, 5) is 12.0. The van der Waals surface area contributed by atoms with Crippen LogP contribution in [0.2, 0.25) is 0 Å². The Morgan fingerprint density at radius 3 is 2.74 bits per heavy atom. The van der Waals surface area contributed by atoms with Crippen molar-refractivity contribution in [1.29, 1.82) is 0 Å². The van der Waals surface area contributed by atoms with E-state index in [1.165, 1.54) is 0 Å². The maximum atomic E-state index is 12.0. The van der Waals surface area contributed by atoms with Crippen LogP contribution in [0.3, 0.4) is 0 Å². The molecule has 0 saturated carbocycles. The lowest BCUT2D eigenvalue weighted by Crippen LogP contribution is -2.29. The zero-order chi connectivity index (χ0) is 14.4. The highest BCUT2D eigenvalue weighted by molar-refractivity contribution is 5.95. The minimum atomic E-state index is -0.0858. The minimum absolute atomic E-state index is 0.0858. The van der Waals surface area contributed by atoms with Crippen LogP contribution < -0.4 is 5.32 Å². The predicted molar refractivity (Wildman–Crippen MR) is 75.0 cm³/mol. The third-order valence-corrected chi connectivity index (χ3v) is 3.12. The summed E-state index contributed by atoms with van der Waals surface area (Å²) in [5, 5.41) is 16.0. The second kappa shape index (κ2) is 7.28. The van der Waals surface area contributed by atoms with Crippen molar-refractivity contribution in [2.75, 3.05) is 13.2 Å². The molecule has 0 aromatic carbocycles. The SMILES string of the molecule is Cc1c(C(=O)NCC(C)CCO)cnn1CC(C)C. The van der Waals surface area contributed by atoms with E-state index in [9.17, 15) is 4.79 Å². The van der Waals surface area contributed by atoms with Crippen LogP contribution in [0.25, 0.3) is 0 Å². The number of hydrogen-bond acceptors (Lipinski definition) is 3. The fourth-order valence-corrected chi connectivity index (χ4v) is 1.88. The van der Waals surface area contributed by atoms with Crippen molar-refractivity contribution in [2.45, 2.75) is 40.7 Å². The average Bonchev–Trinajstić information content (AvgIpc) is 2.68. The van der Waals surface area contributed by atoms with Gasteiger partial charge < -0.3 is 10.4 Å². The molecule has 0 bridgehead atoms. The molecule has 108 valence electrons. The van der Waals surface area contributed by atoms with Gasteiger partial charge in [-0.05, 0) is 25.2 Å². The van der Waals surface area contributed by atoms with E-state index >= 15 is 0 Å². The van der Waals surface area contributed by atoms with Crippen molar-refractivity contribution >= 4 is 5.91 Å². The molecule has 1 rings (SSSR count). The molecule has 0 aliphatic rings. The van der Waals surface area contributed by atoms with Crippen LogP contribution in [-0.4, -0.2) is 33.9 Å². The van der Waals surface area contributed by atoms with Gasteiger partial charge in [-0.15, -0.1) is 0 Å². The average molecular weight is 267 g/mol. The summed E-state index contributed by atoms with van der Waals surface area (Å²) >= 11 is 0. The molecule has 1 aromatic heterocycles. The van der Waals surface area contributed by atoms with Gasteiger partial charge in [0.15, 0.2) is 0 Å². The number of amides is 1. The van der Waals surface area contributed by atoms with Gasteiger partial charge in [0, 0.05) is 25.4 Å². The molecule has 0 aliphatic heterocycles. The van der Waals surface area contributed by atoms with Crippen molar-refractivity contribution < 1.29 is 9.90 Å².